The Balaban J connectivity index is 1.24. The molecule has 0 saturated carbocycles. The minimum Gasteiger partial charge on any atom is -0.487 e. The van der Waals surface area contributed by atoms with Crippen molar-refractivity contribution in [2.24, 2.45) is 0 Å². The molecular formula is C26H25BrClN3O3. The first-order valence-electron chi connectivity index (χ1n) is 11.0. The number of hydrogen-bond donors (Lipinski definition) is 1. The van der Waals surface area contributed by atoms with E-state index in [4.69, 9.17) is 20.8 Å². The van der Waals surface area contributed by atoms with Gasteiger partial charge in [-0.2, -0.15) is 0 Å². The highest BCUT2D eigenvalue weighted by Crippen LogP contribution is 2.25. The lowest BCUT2D eigenvalue weighted by Gasteiger charge is -2.09. The van der Waals surface area contributed by atoms with Crippen LogP contribution >= 0.6 is 27.5 Å². The van der Waals surface area contributed by atoms with Crippen molar-refractivity contribution in [1.82, 2.24) is 14.5 Å². The molecule has 8 heteroatoms. The van der Waals surface area contributed by atoms with Gasteiger partial charge in [0.25, 0.3) is 0 Å². The fraction of sp³-hybridized carbons (Fsp3) is 0.231. The van der Waals surface area contributed by atoms with Crippen LogP contribution in [-0.2, 0) is 26.2 Å². The zero-order valence-corrected chi connectivity index (χ0v) is 20.9. The molecule has 0 saturated heterocycles. The predicted octanol–water partition coefficient (Wildman–Crippen LogP) is 6.55. The lowest BCUT2D eigenvalue weighted by Crippen LogP contribution is -2.03. The number of halogens is 2. The fourth-order valence-corrected chi connectivity index (χ4v) is 4.01. The number of ether oxygens (including phenoxy) is 1. The molecule has 1 N–H and O–H groups in total. The summed E-state index contributed by atoms with van der Waals surface area (Å²) in [5.41, 5.74) is 2.85. The molecule has 4 aromatic rings. The van der Waals surface area contributed by atoms with Gasteiger partial charge in [-0.15, -0.1) is 0 Å². The van der Waals surface area contributed by atoms with Crippen molar-refractivity contribution in [2.75, 3.05) is 0 Å². The molecule has 6 nitrogen and oxygen atoms in total. The third-order valence-electron chi connectivity index (χ3n) is 5.31. The summed E-state index contributed by atoms with van der Waals surface area (Å²) in [4.78, 5) is 8.56. The average molecular weight is 543 g/mol. The van der Waals surface area contributed by atoms with Gasteiger partial charge in [0.15, 0.2) is 0 Å². The van der Waals surface area contributed by atoms with Gasteiger partial charge >= 0.3 is 0 Å². The van der Waals surface area contributed by atoms with Gasteiger partial charge in [-0.25, -0.2) is 9.97 Å². The highest BCUT2D eigenvalue weighted by atomic mass is 79.9. The van der Waals surface area contributed by atoms with E-state index in [1.54, 1.807) is 12.5 Å². The lowest BCUT2D eigenvalue weighted by atomic mass is 10.1. The molecule has 0 aliphatic heterocycles. The van der Waals surface area contributed by atoms with Crippen LogP contribution in [0, 0.1) is 0 Å². The third kappa shape index (κ3) is 6.82. The molecule has 2 heterocycles. The Morgan fingerprint density at radius 2 is 1.97 bits per heavy atom. The van der Waals surface area contributed by atoms with Crippen molar-refractivity contribution in [3.8, 4) is 5.75 Å². The number of benzene rings is 2. The van der Waals surface area contributed by atoms with Crippen LogP contribution in [0.5, 0.6) is 5.75 Å². The summed E-state index contributed by atoms with van der Waals surface area (Å²) in [5.74, 6) is 1.91. The van der Waals surface area contributed by atoms with Gasteiger partial charge in [0.1, 0.15) is 36.7 Å². The smallest absolute Gasteiger partial charge is 0.218 e. The van der Waals surface area contributed by atoms with E-state index in [0.717, 1.165) is 41.4 Å². The Hall–Kier alpha value is -2.87. The summed E-state index contributed by atoms with van der Waals surface area (Å²) in [6.45, 7) is 1.08. The molecule has 176 valence electrons. The van der Waals surface area contributed by atoms with Crippen molar-refractivity contribution >= 4 is 39.7 Å². The van der Waals surface area contributed by atoms with Crippen molar-refractivity contribution in [2.45, 2.75) is 39.0 Å². The highest BCUT2D eigenvalue weighted by molar-refractivity contribution is 9.10. The van der Waals surface area contributed by atoms with Gasteiger partial charge in [0.05, 0.1) is 0 Å². The number of oxazole rings is 1. The third-order valence-corrected chi connectivity index (χ3v) is 6.19. The van der Waals surface area contributed by atoms with Gasteiger partial charge in [-0.1, -0.05) is 45.7 Å². The largest absolute Gasteiger partial charge is 0.487 e. The van der Waals surface area contributed by atoms with Crippen LogP contribution in [0.1, 0.15) is 41.4 Å². The summed E-state index contributed by atoms with van der Waals surface area (Å²) in [5, 5.41) is 9.96. The maximum absolute atomic E-state index is 9.27. The second-order valence-corrected chi connectivity index (χ2v) is 9.08. The van der Waals surface area contributed by atoms with Crippen LogP contribution in [0.4, 0.5) is 0 Å². The Kier molecular flexibility index (Phi) is 8.57. The first-order valence-corrected chi connectivity index (χ1v) is 12.2. The van der Waals surface area contributed by atoms with E-state index in [1.807, 2.05) is 65.4 Å². The number of hydrogen-bond acceptors (Lipinski definition) is 5. The normalized spacial score (nSPS) is 11.4. The Morgan fingerprint density at radius 3 is 2.76 bits per heavy atom. The number of unbranched alkanes of at least 4 members (excludes halogenated alkanes) is 1. The van der Waals surface area contributed by atoms with E-state index in [2.05, 4.69) is 25.9 Å². The van der Waals surface area contributed by atoms with E-state index in [1.165, 1.54) is 0 Å². The molecule has 0 atom stereocenters. The van der Waals surface area contributed by atoms with Gasteiger partial charge < -0.3 is 18.8 Å². The van der Waals surface area contributed by atoms with Crippen LogP contribution in [0.25, 0.3) is 12.2 Å². The minimum absolute atomic E-state index is 0.0430. The molecule has 4 rings (SSSR count). The van der Waals surface area contributed by atoms with E-state index < -0.39 is 0 Å². The van der Waals surface area contributed by atoms with Crippen LogP contribution in [0.3, 0.4) is 0 Å². The number of imidazole rings is 1. The van der Waals surface area contributed by atoms with Gasteiger partial charge in [-0.3, -0.25) is 0 Å². The number of nitrogens with zero attached hydrogens (tertiary/aromatic N) is 3. The Bertz CT molecular complexity index is 1230. The highest BCUT2D eigenvalue weighted by Gasteiger charge is 2.07. The second-order valence-electron chi connectivity index (χ2n) is 7.76. The summed E-state index contributed by atoms with van der Waals surface area (Å²) < 4.78 is 14.4. The van der Waals surface area contributed by atoms with E-state index in [-0.39, 0.29) is 6.61 Å². The first kappa shape index (κ1) is 24.3. The van der Waals surface area contributed by atoms with Crippen LogP contribution in [0.2, 0.25) is 5.02 Å². The molecule has 2 aromatic heterocycles. The standard InChI is InChI=1S/C26H25BrClN3O3/c27-21-8-4-19(5-9-21)6-11-26-30-22(18-34-26)17-33-23-10-7-20(24(28)15-23)3-1-2-13-31-14-12-29-25(31)16-32/h4-12,14-15,18,32H,1-3,13,16-17H2/b11-6+. The fourth-order valence-electron chi connectivity index (χ4n) is 3.48. The maximum atomic E-state index is 9.27. The summed E-state index contributed by atoms with van der Waals surface area (Å²) in [6.07, 6.45) is 11.8. The zero-order chi connectivity index (χ0) is 23.8. The first-order chi connectivity index (χ1) is 16.6. The van der Waals surface area contributed by atoms with E-state index >= 15 is 0 Å². The zero-order valence-electron chi connectivity index (χ0n) is 18.5. The second kappa shape index (κ2) is 12.0. The Morgan fingerprint density at radius 1 is 1.12 bits per heavy atom. The van der Waals surface area contributed by atoms with Crippen LogP contribution in [-0.4, -0.2) is 19.6 Å². The molecular weight excluding hydrogens is 518 g/mol. The lowest BCUT2D eigenvalue weighted by molar-refractivity contribution is 0.264. The molecule has 0 aliphatic carbocycles. The molecule has 0 spiro atoms. The number of aryl methyl sites for hydroxylation is 2. The average Bonchev–Trinajstić information content (AvgIpc) is 3.50. The SMILES string of the molecule is OCc1nccn1CCCCc1ccc(OCc2coc(/C=C/c3ccc(Br)cc3)n2)cc1Cl. The van der Waals surface area contributed by atoms with Gasteiger partial charge in [0.2, 0.25) is 5.89 Å². The molecule has 0 radical (unpaired) electrons. The van der Waals surface area contributed by atoms with Crippen molar-refractivity contribution in [3.05, 3.63) is 99.2 Å². The number of aromatic nitrogens is 3. The van der Waals surface area contributed by atoms with Crippen LogP contribution < -0.4 is 4.74 Å². The molecule has 0 unspecified atom stereocenters. The van der Waals surface area contributed by atoms with E-state index in [9.17, 15) is 5.11 Å². The van der Waals surface area contributed by atoms with Crippen molar-refractivity contribution < 1.29 is 14.3 Å². The number of aliphatic hydroxyl groups excluding tert-OH is 1. The van der Waals surface area contributed by atoms with Crippen molar-refractivity contribution in [3.63, 3.8) is 0 Å². The monoisotopic (exact) mass is 541 g/mol. The molecule has 34 heavy (non-hydrogen) atoms. The Labute approximate surface area is 212 Å². The minimum atomic E-state index is -0.0430. The molecule has 0 aliphatic rings. The van der Waals surface area contributed by atoms with Crippen molar-refractivity contribution in [1.29, 1.82) is 0 Å². The molecule has 2 aromatic carbocycles. The number of aliphatic hydroxyl groups is 1. The maximum Gasteiger partial charge on any atom is 0.218 e. The van der Waals surface area contributed by atoms with E-state index in [0.29, 0.717) is 34.8 Å². The van der Waals surface area contributed by atoms with Gasteiger partial charge in [-0.05, 0) is 60.7 Å². The molecule has 0 fully saturated rings. The predicted molar refractivity (Wildman–Crippen MR) is 136 cm³/mol. The topological polar surface area (TPSA) is 73.3 Å². The summed E-state index contributed by atoms with van der Waals surface area (Å²) in [6, 6.07) is 13.8. The van der Waals surface area contributed by atoms with Gasteiger partial charge in [0, 0.05) is 34.5 Å². The number of rotatable bonds is 11. The molecule has 0 bridgehead atoms. The molecule has 0 amide bonds. The summed E-state index contributed by atoms with van der Waals surface area (Å²) in [7, 11) is 0. The summed E-state index contributed by atoms with van der Waals surface area (Å²) >= 11 is 9.90. The quantitative estimate of drug-likeness (QED) is 0.218. The van der Waals surface area contributed by atoms with Crippen LogP contribution in [0.15, 0.2) is 70.0 Å².